The number of nitrogens with one attached hydrogen (secondary N) is 1. The quantitative estimate of drug-likeness (QED) is 0.628. The maximum absolute atomic E-state index is 11.3. The van der Waals surface area contributed by atoms with Gasteiger partial charge < -0.3 is 14.5 Å². The number of para-hydroxylation sites is 1. The minimum atomic E-state index is -0.565. The minimum absolute atomic E-state index is 0. The standard InChI is InChI=1S/C11H8NO3.W/c1-15-11(14)10-8(6-13)7-4-2-3-5-9(7)12-10;/h2-5,12H,1H3;/q-1;+2. The summed E-state index contributed by atoms with van der Waals surface area (Å²) in [7, 11) is 1.27. The zero-order valence-corrected chi connectivity index (χ0v) is 11.4. The monoisotopic (exact) mass is 386 g/mol. The first-order chi connectivity index (χ1) is 7.27. The molecule has 0 aliphatic rings. The molecule has 0 atom stereocenters. The van der Waals surface area contributed by atoms with E-state index in [4.69, 9.17) is 0 Å². The first kappa shape index (κ1) is 12.7. The molecule has 0 saturated carbocycles. The van der Waals surface area contributed by atoms with Crippen molar-refractivity contribution in [1.82, 2.24) is 4.98 Å². The summed E-state index contributed by atoms with van der Waals surface area (Å²) in [5, 5.41) is 0.674. The molecule has 0 amide bonds. The zero-order valence-electron chi connectivity index (χ0n) is 8.44. The summed E-state index contributed by atoms with van der Waals surface area (Å²) in [6, 6.07) is 7.13. The van der Waals surface area contributed by atoms with E-state index in [0.717, 1.165) is 5.52 Å². The molecule has 0 unspecified atom stereocenters. The number of H-pyrrole nitrogens is 1. The Balaban J connectivity index is 0.00000128. The number of hydrogen-bond acceptors (Lipinski definition) is 3. The fourth-order valence-electron chi connectivity index (χ4n) is 1.50. The number of ether oxygens (including phenoxy) is 1. The first-order valence-electron chi connectivity index (χ1n) is 4.35. The Hall–Kier alpha value is -1.41. The third-order valence-electron chi connectivity index (χ3n) is 2.20. The van der Waals surface area contributed by atoms with E-state index in [1.54, 1.807) is 24.5 Å². The molecule has 0 bridgehead atoms. The number of fused-ring (bicyclic) bond motifs is 1. The van der Waals surface area contributed by atoms with Crippen LogP contribution >= 0.6 is 0 Å². The Labute approximate surface area is 106 Å². The van der Waals surface area contributed by atoms with E-state index >= 15 is 0 Å². The second-order valence-electron chi connectivity index (χ2n) is 3.01. The van der Waals surface area contributed by atoms with Crippen LogP contribution in [0.4, 0.5) is 0 Å². The number of carbonyl (C=O) groups is 1. The average Bonchev–Trinajstić information content (AvgIpc) is 2.66. The van der Waals surface area contributed by atoms with Crippen molar-refractivity contribution in [3.63, 3.8) is 0 Å². The maximum atomic E-state index is 11.3. The number of benzene rings is 1. The van der Waals surface area contributed by atoms with Crippen LogP contribution in [0.5, 0.6) is 0 Å². The van der Waals surface area contributed by atoms with Crippen molar-refractivity contribution in [2.45, 2.75) is 0 Å². The predicted octanol–water partition coefficient (Wildman–Crippen LogP) is 1.41. The van der Waals surface area contributed by atoms with Crippen molar-refractivity contribution < 1.29 is 35.4 Å². The second kappa shape index (κ2) is 5.08. The molecule has 0 aliphatic carbocycles. The topological polar surface area (TPSA) is 59.2 Å². The number of methoxy groups -OCH3 is 1. The molecule has 16 heavy (non-hydrogen) atoms. The molecule has 0 saturated heterocycles. The van der Waals surface area contributed by atoms with E-state index in [2.05, 4.69) is 9.72 Å². The van der Waals surface area contributed by atoms with Gasteiger partial charge in [0, 0.05) is 5.69 Å². The molecule has 1 aromatic carbocycles. The normalized spacial score (nSPS) is 9.56. The van der Waals surface area contributed by atoms with Crippen LogP contribution in [0.15, 0.2) is 24.3 Å². The summed E-state index contributed by atoms with van der Waals surface area (Å²) in [6.45, 7) is 0. The SMILES string of the molecule is COC(=O)c1[nH]c2ccccc2c1[C-]=O.[W+2]. The van der Waals surface area contributed by atoms with E-state index in [1.165, 1.54) is 7.11 Å². The predicted molar refractivity (Wildman–Crippen MR) is 54.4 cm³/mol. The third kappa shape index (κ3) is 1.93. The Morgan fingerprint density at radius 3 is 2.69 bits per heavy atom. The zero-order chi connectivity index (χ0) is 10.8. The molecule has 4 nitrogen and oxygen atoms in total. The molecule has 80 valence electrons. The number of aromatic amines is 1. The van der Waals surface area contributed by atoms with Crippen molar-refractivity contribution in [1.29, 1.82) is 0 Å². The van der Waals surface area contributed by atoms with Crippen molar-refractivity contribution in [3.05, 3.63) is 35.5 Å². The minimum Gasteiger partial charge on any atom is -0.474 e. The molecular weight excluding hydrogens is 378 g/mol. The molecule has 1 N–H and O–H groups in total. The van der Waals surface area contributed by atoms with Crippen LogP contribution in [0.3, 0.4) is 0 Å². The smallest absolute Gasteiger partial charge is 0.474 e. The van der Waals surface area contributed by atoms with Crippen LogP contribution < -0.4 is 0 Å². The van der Waals surface area contributed by atoms with Crippen LogP contribution in [0.2, 0.25) is 0 Å². The van der Waals surface area contributed by atoms with Crippen LogP contribution in [-0.2, 0) is 30.6 Å². The summed E-state index contributed by atoms with van der Waals surface area (Å²) in [4.78, 5) is 24.9. The Bertz CT molecular complexity index is 533. The van der Waals surface area contributed by atoms with E-state index in [-0.39, 0.29) is 32.3 Å². The van der Waals surface area contributed by atoms with Crippen LogP contribution in [0.25, 0.3) is 10.9 Å². The van der Waals surface area contributed by atoms with Crippen molar-refractivity contribution >= 4 is 23.2 Å². The Kier molecular flexibility index (Phi) is 4.02. The fourth-order valence-corrected chi connectivity index (χ4v) is 1.50. The Morgan fingerprint density at radius 2 is 2.06 bits per heavy atom. The van der Waals surface area contributed by atoms with Gasteiger partial charge in [0.2, 0.25) is 0 Å². The summed E-state index contributed by atoms with van der Waals surface area (Å²) < 4.78 is 4.56. The van der Waals surface area contributed by atoms with Crippen molar-refractivity contribution in [2.24, 2.45) is 0 Å². The van der Waals surface area contributed by atoms with Crippen LogP contribution in [0, 0.1) is 0 Å². The van der Waals surface area contributed by atoms with Gasteiger partial charge in [-0.3, -0.25) is 4.79 Å². The van der Waals surface area contributed by atoms with Gasteiger partial charge in [-0.1, -0.05) is 18.2 Å². The van der Waals surface area contributed by atoms with Gasteiger partial charge in [-0.25, -0.2) is 0 Å². The van der Waals surface area contributed by atoms with Gasteiger partial charge in [-0.2, -0.15) is 0 Å². The summed E-state index contributed by atoms with van der Waals surface area (Å²) in [6.07, 6.45) is 1.75. The van der Waals surface area contributed by atoms with Crippen LogP contribution in [-0.4, -0.2) is 24.3 Å². The third-order valence-corrected chi connectivity index (χ3v) is 2.20. The van der Waals surface area contributed by atoms with Crippen molar-refractivity contribution in [2.75, 3.05) is 7.11 Å². The molecule has 2 rings (SSSR count). The molecule has 5 heteroatoms. The Morgan fingerprint density at radius 1 is 1.38 bits per heavy atom. The van der Waals surface area contributed by atoms with Crippen LogP contribution in [0.1, 0.15) is 16.1 Å². The van der Waals surface area contributed by atoms with E-state index in [0.29, 0.717) is 5.39 Å². The molecular formula is C11H8NO3W+. The number of carbonyl (C=O) groups excluding carboxylic acids is 2. The van der Waals surface area contributed by atoms with Gasteiger partial charge in [0.15, 0.2) is 0 Å². The molecule has 0 radical (unpaired) electrons. The van der Waals surface area contributed by atoms with Gasteiger partial charge in [0.25, 0.3) is 5.97 Å². The van der Waals surface area contributed by atoms with Crippen molar-refractivity contribution in [3.8, 4) is 0 Å². The van der Waals surface area contributed by atoms with Gasteiger partial charge in [0.05, 0.1) is 13.4 Å². The molecule has 2 aromatic rings. The fraction of sp³-hybridized carbons (Fsp3) is 0.0909. The van der Waals surface area contributed by atoms with E-state index in [1.807, 2.05) is 6.07 Å². The van der Waals surface area contributed by atoms with Gasteiger partial charge >= 0.3 is 21.1 Å². The van der Waals surface area contributed by atoms with Gasteiger partial charge in [-0.15, -0.1) is 17.0 Å². The first-order valence-corrected chi connectivity index (χ1v) is 4.35. The molecule has 0 fully saturated rings. The molecule has 0 aliphatic heterocycles. The molecule has 1 heterocycles. The summed E-state index contributed by atoms with van der Waals surface area (Å²) in [5.41, 5.74) is 1.09. The summed E-state index contributed by atoms with van der Waals surface area (Å²) >= 11 is 0. The number of hydrogen-bond donors (Lipinski definition) is 1. The average molecular weight is 386 g/mol. The van der Waals surface area contributed by atoms with Gasteiger partial charge in [0.1, 0.15) is 0 Å². The van der Waals surface area contributed by atoms with Gasteiger partial charge in [-0.05, 0) is 5.52 Å². The molecule has 0 spiro atoms. The number of esters is 1. The van der Waals surface area contributed by atoms with E-state index < -0.39 is 5.97 Å². The largest absolute Gasteiger partial charge is 2.00 e. The van der Waals surface area contributed by atoms with E-state index in [9.17, 15) is 9.59 Å². The second-order valence-corrected chi connectivity index (χ2v) is 3.01. The number of aromatic nitrogens is 1. The number of rotatable bonds is 2. The summed E-state index contributed by atoms with van der Waals surface area (Å²) in [5.74, 6) is -0.565. The molecule has 1 aromatic heterocycles. The maximum Gasteiger partial charge on any atom is 2.00 e.